The first-order chi connectivity index (χ1) is 9.61. The van der Waals surface area contributed by atoms with E-state index in [4.69, 9.17) is 4.74 Å². The average Bonchev–Trinajstić information content (AvgIpc) is 2.47. The maximum absolute atomic E-state index is 12.9. The number of halogens is 1. The van der Waals surface area contributed by atoms with Gasteiger partial charge in [0.15, 0.2) is 0 Å². The Morgan fingerprint density at radius 3 is 2.25 bits per heavy atom. The summed E-state index contributed by atoms with van der Waals surface area (Å²) in [7, 11) is 1.68. The standard InChI is InChI=1S/C17H20FNO/c1-12(14-8-10-15(18)11-9-14)19-13(2)16-6-4-5-7-17(16)20-3/h4-13,19H,1-3H3/t12?,13-/m0/s1. The number of hydrogen-bond acceptors (Lipinski definition) is 2. The fraction of sp³-hybridized carbons (Fsp3) is 0.294. The fourth-order valence-corrected chi connectivity index (χ4v) is 2.34. The highest BCUT2D eigenvalue weighted by molar-refractivity contribution is 5.35. The predicted octanol–water partition coefficient (Wildman–Crippen LogP) is 4.25. The Balaban J connectivity index is 2.10. The molecule has 0 radical (unpaired) electrons. The van der Waals surface area contributed by atoms with Gasteiger partial charge < -0.3 is 10.1 Å². The maximum atomic E-state index is 12.9. The monoisotopic (exact) mass is 273 g/mol. The normalized spacial score (nSPS) is 13.8. The zero-order valence-corrected chi connectivity index (χ0v) is 12.1. The summed E-state index contributed by atoms with van der Waals surface area (Å²) in [5.41, 5.74) is 2.18. The quantitative estimate of drug-likeness (QED) is 0.879. The lowest BCUT2D eigenvalue weighted by molar-refractivity contribution is 0.396. The van der Waals surface area contributed by atoms with Crippen LogP contribution in [-0.2, 0) is 0 Å². The molecule has 2 atom stereocenters. The van der Waals surface area contributed by atoms with Crippen LogP contribution < -0.4 is 10.1 Å². The highest BCUT2D eigenvalue weighted by Crippen LogP contribution is 2.26. The molecule has 2 rings (SSSR count). The molecule has 2 nitrogen and oxygen atoms in total. The van der Waals surface area contributed by atoms with E-state index in [1.165, 1.54) is 12.1 Å². The minimum Gasteiger partial charge on any atom is -0.496 e. The molecule has 0 saturated carbocycles. The second kappa shape index (κ2) is 6.53. The van der Waals surface area contributed by atoms with Crippen molar-refractivity contribution >= 4 is 0 Å². The van der Waals surface area contributed by atoms with Crippen LogP contribution in [0.2, 0.25) is 0 Å². The molecule has 3 heteroatoms. The third kappa shape index (κ3) is 3.36. The van der Waals surface area contributed by atoms with Crippen LogP contribution in [0.15, 0.2) is 48.5 Å². The minimum absolute atomic E-state index is 0.135. The van der Waals surface area contributed by atoms with Gasteiger partial charge in [0.2, 0.25) is 0 Å². The molecule has 106 valence electrons. The lowest BCUT2D eigenvalue weighted by atomic mass is 10.0. The van der Waals surface area contributed by atoms with E-state index in [2.05, 4.69) is 19.2 Å². The second-order valence-corrected chi connectivity index (χ2v) is 4.90. The van der Waals surface area contributed by atoms with E-state index in [1.807, 2.05) is 36.4 Å². The van der Waals surface area contributed by atoms with Crippen molar-refractivity contribution in [3.05, 3.63) is 65.5 Å². The van der Waals surface area contributed by atoms with Gasteiger partial charge in [-0.3, -0.25) is 0 Å². The highest BCUT2D eigenvalue weighted by Gasteiger charge is 2.14. The molecule has 1 unspecified atom stereocenters. The van der Waals surface area contributed by atoms with Crippen molar-refractivity contribution in [1.82, 2.24) is 5.32 Å². The molecule has 0 spiro atoms. The van der Waals surface area contributed by atoms with Gasteiger partial charge in [0.05, 0.1) is 7.11 Å². The Hall–Kier alpha value is -1.87. The zero-order valence-electron chi connectivity index (χ0n) is 12.1. The summed E-state index contributed by atoms with van der Waals surface area (Å²) >= 11 is 0. The van der Waals surface area contributed by atoms with Crippen LogP contribution in [0.3, 0.4) is 0 Å². The molecule has 1 N–H and O–H groups in total. The van der Waals surface area contributed by atoms with Crippen molar-refractivity contribution in [3.63, 3.8) is 0 Å². The van der Waals surface area contributed by atoms with Gasteiger partial charge in [0.25, 0.3) is 0 Å². The Bertz CT molecular complexity index is 553. The van der Waals surface area contributed by atoms with Crippen LogP contribution >= 0.6 is 0 Å². The Labute approximate surface area is 119 Å². The van der Waals surface area contributed by atoms with Crippen molar-refractivity contribution in [1.29, 1.82) is 0 Å². The summed E-state index contributed by atoms with van der Waals surface area (Å²) in [6, 6.07) is 14.8. The first-order valence-electron chi connectivity index (χ1n) is 6.76. The molecule has 0 fully saturated rings. The van der Waals surface area contributed by atoms with Gasteiger partial charge in [0, 0.05) is 17.6 Å². The Morgan fingerprint density at radius 2 is 1.60 bits per heavy atom. The van der Waals surface area contributed by atoms with E-state index < -0.39 is 0 Å². The predicted molar refractivity (Wildman–Crippen MR) is 79.4 cm³/mol. The molecule has 0 bridgehead atoms. The number of rotatable bonds is 5. The van der Waals surface area contributed by atoms with E-state index >= 15 is 0 Å². The second-order valence-electron chi connectivity index (χ2n) is 4.90. The lowest BCUT2D eigenvalue weighted by Gasteiger charge is -2.22. The highest BCUT2D eigenvalue weighted by atomic mass is 19.1. The summed E-state index contributed by atoms with van der Waals surface area (Å²) < 4.78 is 18.3. The van der Waals surface area contributed by atoms with Gasteiger partial charge in [-0.1, -0.05) is 30.3 Å². The third-order valence-corrected chi connectivity index (χ3v) is 3.48. The van der Waals surface area contributed by atoms with Crippen molar-refractivity contribution in [2.75, 3.05) is 7.11 Å². The lowest BCUT2D eigenvalue weighted by Crippen LogP contribution is -2.22. The molecular weight excluding hydrogens is 253 g/mol. The number of hydrogen-bond donors (Lipinski definition) is 1. The van der Waals surface area contributed by atoms with Crippen LogP contribution in [0, 0.1) is 5.82 Å². The smallest absolute Gasteiger partial charge is 0.123 e. The molecule has 0 aliphatic carbocycles. The van der Waals surface area contributed by atoms with E-state index in [0.29, 0.717) is 0 Å². The van der Waals surface area contributed by atoms with E-state index in [9.17, 15) is 4.39 Å². The summed E-state index contributed by atoms with van der Waals surface area (Å²) in [5, 5.41) is 3.50. The Kier molecular flexibility index (Phi) is 4.74. The van der Waals surface area contributed by atoms with E-state index in [0.717, 1.165) is 16.9 Å². The number of methoxy groups -OCH3 is 1. The summed E-state index contributed by atoms with van der Waals surface area (Å²) in [6.07, 6.45) is 0. The summed E-state index contributed by atoms with van der Waals surface area (Å²) in [4.78, 5) is 0. The largest absolute Gasteiger partial charge is 0.496 e. The molecule has 0 aliphatic rings. The first-order valence-corrected chi connectivity index (χ1v) is 6.76. The SMILES string of the molecule is COc1ccccc1[C@H](C)NC(C)c1ccc(F)cc1. The molecule has 0 amide bonds. The first kappa shape index (κ1) is 14.5. The van der Waals surface area contributed by atoms with E-state index in [1.54, 1.807) is 7.11 Å². The molecule has 0 aromatic heterocycles. The third-order valence-electron chi connectivity index (χ3n) is 3.48. The average molecular weight is 273 g/mol. The van der Waals surface area contributed by atoms with Crippen LogP contribution in [-0.4, -0.2) is 7.11 Å². The van der Waals surface area contributed by atoms with Crippen molar-refractivity contribution in [2.45, 2.75) is 25.9 Å². The van der Waals surface area contributed by atoms with Crippen molar-refractivity contribution in [2.24, 2.45) is 0 Å². The van der Waals surface area contributed by atoms with E-state index in [-0.39, 0.29) is 17.9 Å². The Morgan fingerprint density at radius 1 is 0.950 bits per heavy atom. The van der Waals surface area contributed by atoms with Crippen molar-refractivity contribution < 1.29 is 9.13 Å². The fourth-order valence-electron chi connectivity index (χ4n) is 2.34. The minimum atomic E-state index is -0.210. The molecule has 2 aromatic rings. The van der Waals surface area contributed by atoms with Gasteiger partial charge >= 0.3 is 0 Å². The number of para-hydroxylation sites is 1. The molecule has 2 aromatic carbocycles. The summed E-state index contributed by atoms with van der Waals surface area (Å²) in [6.45, 7) is 4.16. The van der Waals surface area contributed by atoms with Gasteiger partial charge in [-0.05, 0) is 37.6 Å². The molecule has 0 aliphatic heterocycles. The van der Waals surface area contributed by atoms with Crippen LogP contribution in [0.1, 0.15) is 37.1 Å². The van der Waals surface area contributed by atoms with Gasteiger partial charge in [-0.2, -0.15) is 0 Å². The topological polar surface area (TPSA) is 21.3 Å². The zero-order chi connectivity index (χ0) is 14.5. The van der Waals surface area contributed by atoms with Crippen LogP contribution in [0.25, 0.3) is 0 Å². The van der Waals surface area contributed by atoms with Gasteiger partial charge in [-0.15, -0.1) is 0 Å². The molecule has 0 saturated heterocycles. The maximum Gasteiger partial charge on any atom is 0.123 e. The molecule has 0 heterocycles. The van der Waals surface area contributed by atoms with Gasteiger partial charge in [-0.25, -0.2) is 4.39 Å². The van der Waals surface area contributed by atoms with Crippen LogP contribution in [0.5, 0.6) is 5.75 Å². The van der Waals surface area contributed by atoms with Crippen molar-refractivity contribution in [3.8, 4) is 5.75 Å². The number of benzene rings is 2. The number of nitrogens with one attached hydrogen (secondary N) is 1. The summed E-state index contributed by atoms with van der Waals surface area (Å²) in [5.74, 6) is 0.664. The van der Waals surface area contributed by atoms with Crippen LogP contribution in [0.4, 0.5) is 4.39 Å². The van der Waals surface area contributed by atoms with Gasteiger partial charge in [0.1, 0.15) is 11.6 Å². The molecular formula is C17H20FNO. The number of ether oxygens (including phenoxy) is 1. The molecule has 20 heavy (non-hydrogen) atoms.